The predicted octanol–water partition coefficient (Wildman–Crippen LogP) is 1.27. The second-order valence-electron chi connectivity index (χ2n) is 5.56. The average molecular weight is 291 g/mol. The van der Waals surface area contributed by atoms with Gasteiger partial charge in [-0.2, -0.15) is 0 Å². The maximum atomic E-state index is 9.80. The second kappa shape index (κ2) is 8.64. The molecule has 1 aliphatic carbocycles. The van der Waals surface area contributed by atoms with Crippen LogP contribution in [0.2, 0.25) is 0 Å². The van der Waals surface area contributed by atoms with E-state index in [-0.39, 0.29) is 13.2 Å². The maximum absolute atomic E-state index is 9.80. The molecule has 1 aliphatic rings. The lowest BCUT2D eigenvalue weighted by Gasteiger charge is -2.25. The number of aliphatic hydroxyl groups excluding tert-OH is 1. The summed E-state index contributed by atoms with van der Waals surface area (Å²) < 4.78 is 5.46. The summed E-state index contributed by atoms with van der Waals surface area (Å²) in [6, 6.07) is 9.88. The standard InChI is InChI=1S/C16H25N3O2/c17-16(18-9-13-7-4-8-13)19-10-15(20)12-21-11-14-5-2-1-3-6-14/h1-3,5-6,13,15,20H,4,7-12H2,(H3,17,18,19). The van der Waals surface area contributed by atoms with Crippen molar-refractivity contribution in [2.24, 2.45) is 16.6 Å². The third kappa shape index (κ3) is 6.14. The van der Waals surface area contributed by atoms with Gasteiger partial charge in [0.25, 0.3) is 0 Å². The van der Waals surface area contributed by atoms with Crippen LogP contribution in [0.1, 0.15) is 24.8 Å². The summed E-state index contributed by atoms with van der Waals surface area (Å²) >= 11 is 0. The van der Waals surface area contributed by atoms with E-state index in [9.17, 15) is 5.11 Å². The summed E-state index contributed by atoms with van der Waals surface area (Å²) in [5, 5.41) is 12.9. The highest BCUT2D eigenvalue weighted by atomic mass is 16.5. The fraction of sp³-hybridized carbons (Fsp3) is 0.562. The first-order valence-electron chi connectivity index (χ1n) is 7.57. The SMILES string of the molecule is NC(=NCC(O)COCc1ccccc1)NCC1CCC1. The van der Waals surface area contributed by atoms with Crippen LogP contribution < -0.4 is 11.1 Å². The molecule has 2 rings (SSSR count). The molecule has 1 unspecified atom stereocenters. The number of benzene rings is 1. The Morgan fingerprint density at radius 1 is 1.38 bits per heavy atom. The molecule has 21 heavy (non-hydrogen) atoms. The van der Waals surface area contributed by atoms with Crippen molar-refractivity contribution >= 4 is 5.96 Å². The van der Waals surface area contributed by atoms with Gasteiger partial charge in [0.15, 0.2) is 5.96 Å². The van der Waals surface area contributed by atoms with Crippen molar-refractivity contribution in [3.63, 3.8) is 0 Å². The number of hydrogen-bond acceptors (Lipinski definition) is 3. The molecule has 1 saturated carbocycles. The van der Waals surface area contributed by atoms with Gasteiger partial charge in [0, 0.05) is 6.54 Å². The van der Waals surface area contributed by atoms with Crippen molar-refractivity contribution < 1.29 is 9.84 Å². The van der Waals surface area contributed by atoms with Crippen LogP contribution in [-0.4, -0.2) is 36.9 Å². The number of aliphatic imine (C=N–C) groups is 1. The van der Waals surface area contributed by atoms with Crippen LogP contribution in [0.15, 0.2) is 35.3 Å². The molecule has 0 aromatic heterocycles. The zero-order valence-corrected chi connectivity index (χ0v) is 12.4. The second-order valence-corrected chi connectivity index (χ2v) is 5.56. The number of nitrogens with one attached hydrogen (secondary N) is 1. The summed E-state index contributed by atoms with van der Waals surface area (Å²) in [7, 11) is 0. The predicted molar refractivity (Wildman–Crippen MR) is 83.9 cm³/mol. The average Bonchev–Trinajstić information content (AvgIpc) is 2.45. The zero-order chi connectivity index (χ0) is 14.9. The van der Waals surface area contributed by atoms with E-state index < -0.39 is 6.10 Å². The summed E-state index contributed by atoms with van der Waals surface area (Å²) in [4.78, 5) is 4.13. The third-order valence-electron chi connectivity index (χ3n) is 3.69. The van der Waals surface area contributed by atoms with E-state index in [4.69, 9.17) is 10.5 Å². The Kier molecular flexibility index (Phi) is 6.50. The Balaban J connectivity index is 1.56. The Morgan fingerprint density at radius 3 is 2.81 bits per heavy atom. The molecule has 4 N–H and O–H groups in total. The van der Waals surface area contributed by atoms with Crippen LogP contribution in [0.5, 0.6) is 0 Å². The quantitative estimate of drug-likeness (QED) is 0.498. The summed E-state index contributed by atoms with van der Waals surface area (Å²) in [6.45, 7) is 1.90. The minimum absolute atomic E-state index is 0.258. The number of rotatable bonds is 8. The molecular formula is C16H25N3O2. The molecule has 0 saturated heterocycles. The van der Waals surface area contributed by atoms with Crippen molar-refractivity contribution in [2.75, 3.05) is 19.7 Å². The molecule has 5 heteroatoms. The molecule has 0 aliphatic heterocycles. The highest BCUT2D eigenvalue weighted by molar-refractivity contribution is 5.77. The van der Waals surface area contributed by atoms with Crippen LogP contribution in [0.3, 0.4) is 0 Å². The van der Waals surface area contributed by atoms with E-state index in [2.05, 4.69) is 10.3 Å². The van der Waals surface area contributed by atoms with Crippen molar-refractivity contribution in [3.8, 4) is 0 Å². The molecule has 1 aromatic carbocycles. The Labute approximate surface area is 126 Å². The first-order chi connectivity index (χ1) is 10.2. The Bertz CT molecular complexity index is 432. The third-order valence-corrected chi connectivity index (χ3v) is 3.69. The monoisotopic (exact) mass is 291 g/mol. The summed E-state index contributed by atoms with van der Waals surface area (Å²) in [5.74, 6) is 1.14. The molecule has 116 valence electrons. The number of ether oxygens (including phenoxy) is 1. The zero-order valence-electron chi connectivity index (χ0n) is 12.4. The van der Waals surface area contributed by atoms with Gasteiger partial charge in [-0.05, 0) is 24.3 Å². The highest BCUT2D eigenvalue weighted by Gasteiger charge is 2.16. The Morgan fingerprint density at radius 2 is 2.14 bits per heavy atom. The fourth-order valence-corrected chi connectivity index (χ4v) is 2.15. The minimum Gasteiger partial charge on any atom is -0.389 e. The lowest BCUT2D eigenvalue weighted by molar-refractivity contribution is 0.0331. The smallest absolute Gasteiger partial charge is 0.188 e. The van der Waals surface area contributed by atoms with Gasteiger partial charge in [-0.25, -0.2) is 0 Å². The van der Waals surface area contributed by atoms with E-state index in [0.717, 1.165) is 18.0 Å². The largest absolute Gasteiger partial charge is 0.389 e. The molecular weight excluding hydrogens is 266 g/mol. The number of hydrogen-bond donors (Lipinski definition) is 3. The minimum atomic E-state index is -0.627. The van der Waals surface area contributed by atoms with Gasteiger partial charge < -0.3 is 20.9 Å². The topological polar surface area (TPSA) is 79.9 Å². The van der Waals surface area contributed by atoms with Crippen LogP contribution in [0.25, 0.3) is 0 Å². The van der Waals surface area contributed by atoms with Crippen molar-refractivity contribution in [1.82, 2.24) is 5.32 Å². The molecule has 1 aromatic rings. The molecule has 0 radical (unpaired) electrons. The van der Waals surface area contributed by atoms with Gasteiger partial charge >= 0.3 is 0 Å². The fourth-order valence-electron chi connectivity index (χ4n) is 2.15. The lowest BCUT2D eigenvalue weighted by Crippen LogP contribution is -2.38. The molecule has 1 fully saturated rings. The van der Waals surface area contributed by atoms with Crippen LogP contribution in [0, 0.1) is 5.92 Å². The number of nitrogens with two attached hydrogens (primary N) is 1. The number of aliphatic hydroxyl groups is 1. The maximum Gasteiger partial charge on any atom is 0.188 e. The van der Waals surface area contributed by atoms with Crippen molar-refractivity contribution in [3.05, 3.63) is 35.9 Å². The van der Waals surface area contributed by atoms with E-state index in [1.807, 2.05) is 30.3 Å². The molecule has 0 spiro atoms. The summed E-state index contributed by atoms with van der Waals surface area (Å²) in [6.07, 6.45) is 3.24. The first-order valence-corrected chi connectivity index (χ1v) is 7.57. The lowest BCUT2D eigenvalue weighted by atomic mass is 9.85. The number of nitrogens with zero attached hydrogens (tertiary/aromatic N) is 1. The van der Waals surface area contributed by atoms with Gasteiger partial charge in [-0.1, -0.05) is 36.8 Å². The van der Waals surface area contributed by atoms with Crippen LogP contribution in [-0.2, 0) is 11.3 Å². The number of guanidine groups is 1. The van der Waals surface area contributed by atoms with Crippen LogP contribution >= 0.6 is 0 Å². The van der Waals surface area contributed by atoms with Gasteiger partial charge in [0.1, 0.15) is 0 Å². The Hall–Kier alpha value is -1.59. The molecule has 5 nitrogen and oxygen atoms in total. The van der Waals surface area contributed by atoms with Gasteiger partial charge in [-0.3, -0.25) is 4.99 Å². The first kappa shape index (κ1) is 15.8. The molecule has 0 amide bonds. The highest BCUT2D eigenvalue weighted by Crippen LogP contribution is 2.24. The van der Waals surface area contributed by atoms with E-state index in [0.29, 0.717) is 12.6 Å². The van der Waals surface area contributed by atoms with E-state index >= 15 is 0 Å². The summed E-state index contributed by atoms with van der Waals surface area (Å²) in [5.41, 5.74) is 6.85. The molecule has 0 bridgehead atoms. The molecule has 1 atom stereocenters. The van der Waals surface area contributed by atoms with E-state index in [1.165, 1.54) is 19.3 Å². The molecule has 0 heterocycles. The van der Waals surface area contributed by atoms with E-state index in [1.54, 1.807) is 0 Å². The van der Waals surface area contributed by atoms with Gasteiger partial charge in [0.05, 0.1) is 25.9 Å². The van der Waals surface area contributed by atoms with Gasteiger partial charge in [0.2, 0.25) is 0 Å². The normalized spacial score (nSPS) is 17.3. The van der Waals surface area contributed by atoms with Crippen molar-refractivity contribution in [2.45, 2.75) is 32.0 Å². The van der Waals surface area contributed by atoms with Gasteiger partial charge in [-0.15, -0.1) is 0 Å². The van der Waals surface area contributed by atoms with Crippen LogP contribution in [0.4, 0.5) is 0 Å². The van der Waals surface area contributed by atoms with Crippen molar-refractivity contribution in [1.29, 1.82) is 0 Å².